The van der Waals surface area contributed by atoms with Gasteiger partial charge in [0.15, 0.2) is 6.10 Å². The van der Waals surface area contributed by atoms with Crippen molar-refractivity contribution in [2.75, 3.05) is 16.8 Å². The van der Waals surface area contributed by atoms with Crippen LogP contribution in [0.5, 0.6) is 0 Å². The third-order valence-corrected chi connectivity index (χ3v) is 8.16. The molecular weight excluding hydrogens is 390 g/mol. The van der Waals surface area contributed by atoms with Gasteiger partial charge in [0, 0.05) is 17.2 Å². The highest BCUT2D eigenvalue weighted by molar-refractivity contribution is 8.19. The summed E-state index contributed by atoms with van der Waals surface area (Å²) in [5.41, 5.74) is 5.08. The molecule has 1 fully saturated rings. The van der Waals surface area contributed by atoms with Gasteiger partial charge in [0.05, 0.1) is 10.1 Å². The molecule has 146 valence electrons. The fraction of sp³-hybridized carbons (Fsp3) is 0.364. The van der Waals surface area contributed by atoms with Gasteiger partial charge >= 0.3 is 5.97 Å². The van der Waals surface area contributed by atoms with Gasteiger partial charge in [0.25, 0.3) is 5.91 Å². The number of fused-ring (bicyclic) bond motifs is 1. The average molecular weight is 414 g/mol. The van der Waals surface area contributed by atoms with E-state index >= 15 is 0 Å². The van der Waals surface area contributed by atoms with Crippen molar-refractivity contribution in [1.82, 2.24) is 0 Å². The second kappa shape index (κ2) is 8.62. The van der Waals surface area contributed by atoms with Crippen LogP contribution in [0.1, 0.15) is 45.0 Å². The van der Waals surface area contributed by atoms with E-state index in [1.165, 1.54) is 16.7 Å². The monoisotopic (exact) mass is 413 g/mol. The highest BCUT2D eigenvalue weighted by atomic mass is 32.2. The predicted molar refractivity (Wildman–Crippen MR) is 116 cm³/mol. The second-order valence-electron chi connectivity index (χ2n) is 7.07. The number of nitrogens with one attached hydrogen (secondary N) is 1. The highest BCUT2D eigenvalue weighted by Gasteiger charge is 2.21. The molecule has 0 bridgehead atoms. The standard InChI is InChI=1S/C22H23NO3S2/c1-14(20(24)23-19-10-9-15-3-2-4-18(15)13-19)26-21(25)16-5-7-17(8-6-16)22-27-11-12-28-22/h5-10,13-14,22H,2-4,11-12H2,1H3,(H,23,24)/t14-/m0/s1. The van der Waals surface area contributed by atoms with E-state index in [1.807, 2.05) is 47.8 Å². The third-order valence-electron chi connectivity index (χ3n) is 5.06. The molecule has 0 unspecified atom stereocenters. The minimum atomic E-state index is -0.860. The first-order chi connectivity index (χ1) is 13.6. The number of aryl methyl sites for hydroxylation is 2. The molecule has 0 aromatic heterocycles. The zero-order valence-electron chi connectivity index (χ0n) is 15.8. The first-order valence-corrected chi connectivity index (χ1v) is 11.7. The number of carbonyl (C=O) groups is 2. The summed E-state index contributed by atoms with van der Waals surface area (Å²) < 4.78 is 5.81. The van der Waals surface area contributed by atoms with E-state index in [2.05, 4.69) is 11.4 Å². The number of hydrogen-bond donors (Lipinski definition) is 1. The van der Waals surface area contributed by atoms with E-state index in [0.717, 1.165) is 36.5 Å². The van der Waals surface area contributed by atoms with Crippen LogP contribution in [0.2, 0.25) is 0 Å². The van der Waals surface area contributed by atoms with Crippen LogP contribution in [0, 0.1) is 0 Å². The van der Waals surface area contributed by atoms with Gasteiger partial charge in [0.2, 0.25) is 0 Å². The van der Waals surface area contributed by atoms with Gasteiger partial charge in [-0.25, -0.2) is 4.79 Å². The van der Waals surface area contributed by atoms with E-state index in [4.69, 9.17) is 4.74 Å². The van der Waals surface area contributed by atoms with Crippen LogP contribution in [0.3, 0.4) is 0 Å². The number of ether oxygens (including phenoxy) is 1. The summed E-state index contributed by atoms with van der Waals surface area (Å²) in [6, 6.07) is 13.5. The number of benzene rings is 2. The molecular formula is C22H23NO3S2. The summed E-state index contributed by atoms with van der Waals surface area (Å²) in [5, 5.41) is 2.85. The van der Waals surface area contributed by atoms with Crippen LogP contribution in [-0.4, -0.2) is 29.5 Å². The number of rotatable bonds is 5. The number of carbonyl (C=O) groups excluding carboxylic acids is 2. The fourth-order valence-corrected chi connectivity index (χ4v) is 6.36. The van der Waals surface area contributed by atoms with Crippen LogP contribution in [0.4, 0.5) is 5.69 Å². The van der Waals surface area contributed by atoms with Crippen molar-refractivity contribution in [3.8, 4) is 0 Å². The molecule has 4 nitrogen and oxygen atoms in total. The van der Waals surface area contributed by atoms with Crippen molar-refractivity contribution in [3.63, 3.8) is 0 Å². The number of anilines is 1. The molecule has 2 aromatic carbocycles. The van der Waals surface area contributed by atoms with Crippen molar-refractivity contribution in [2.24, 2.45) is 0 Å². The summed E-state index contributed by atoms with van der Waals surface area (Å²) in [6.45, 7) is 1.60. The minimum absolute atomic E-state index is 0.318. The SMILES string of the molecule is C[C@H](OC(=O)c1ccc(C2SCCS2)cc1)C(=O)Nc1ccc2c(c1)CCC2. The summed E-state index contributed by atoms with van der Waals surface area (Å²) in [5.74, 6) is 1.53. The Morgan fingerprint density at radius 1 is 1.04 bits per heavy atom. The Bertz CT molecular complexity index is 876. The summed E-state index contributed by atoms with van der Waals surface area (Å²) >= 11 is 3.85. The zero-order valence-corrected chi connectivity index (χ0v) is 17.4. The predicted octanol–water partition coefficient (Wildman–Crippen LogP) is 4.84. The molecule has 28 heavy (non-hydrogen) atoms. The van der Waals surface area contributed by atoms with E-state index in [1.54, 1.807) is 19.1 Å². The topological polar surface area (TPSA) is 55.4 Å². The molecule has 6 heteroatoms. The normalized spacial score (nSPS) is 17.2. The lowest BCUT2D eigenvalue weighted by molar-refractivity contribution is -0.123. The molecule has 2 aromatic rings. The molecule has 0 radical (unpaired) electrons. The maximum atomic E-state index is 12.4. The Kier molecular flexibility index (Phi) is 5.97. The lowest BCUT2D eigenvalue weighted by Crippen LogP contribution is -2.30. The first-order valence-electron chi connectivity index (χ1n) is 9.57. The van der Waals surface area contributed by atoms with E-state index in [-0.39, 0.29) is 5.91 Å². The molecule has 1 aliphatic heterocycles. The Hall–Kier alpha value is -1.92. The largest absolute Gasteiger partial charge is 0.449 e. The fourth-order valence-electron chi connectivity index (χ4n) is 3.50. The Morgan fingerprint density at radius 2 is 1.75 bits per heavy atom. The molecule has 1 N–H and O–H groups in total. The maximum Gasteiger partial charge on any atom is 0.338 e. The Balaban J connectivity index is 1.33. The zero-order chi connectivity index (χ0) is 19.5. The van der Waals surface area contributed by atoms with Gasteiger partial charge < -0.3 is 10.1 Å². The van der Waals surface area contributed by atoms with Crippen molar-refractivity contribution < 1.29 is 14.3 Å². The summed E-state index contributed by atoms with van der Waals surface area (Å²) in [7, 11) is 0. The van der Waals surface area contributed by atoms with Gasteiger partial charge in [-0.1, -0.05) is 18.2 Å². The smallest absolute Gasteiger partial charge is 0.338 e. The van der Waals surface area contributed by atoms with Gasteiger partial charge in [-0.15, -0.1) is 23.5 Å². The molecule has 2 aliphatic rings. The third kappa shape index (κ3) is 4.39. The van der Waals surface area contributed by atoms with Crippen LogP contribution < -0.4 is 5.32 Å². The van der Waals surface area contributed by atoms with Crippen LogP contribution >= 0.6 is 23.5 Å². The maximum absolute atomic E-state index is 12.4. The van der Waals surface area contributed by atoms with Crippen LogP contribution in [0.15, 0.2) is 42.5 Å². The Labute approximate surface area is 173 Å². The van der Waals surface area contributed by atoms with E-state index in [9.17, 15) is 9.59 Å². The molecule has 0 saturated carbocycles. The van der Waals surface area contributed by atoms with E-state index < -0.39 is 12.1 Å². The lowest BCUT2D eigenvalue weighted by Gasteiger charge is -2.15. The quantitative estimate of drug-likeness (QED) is 0.711. The second-order valence-corrected chi connectivity index (χ2v) is 9.79. The van der Waals surface area contributed by atoms with Crippen LogP contribution in [-0.2, 0) is 22.4 Å². The van der Waals surface area contributed by atoms with Gasteiger partial charge in [-0.05, 0) is 67.1 Å². The Morgan fingerprint density at radius 3 is 2.50 bits per heavy atom. The van der Waals surface area contributed by atoms with Crippen molar-refractivity contribution in [3.05, 3.63) is 64.7 Å². The first kappa shape index (κ1) is 19.4. The van der Waals surface area contributed by atoms with Gasteiger partial charge in [0.1, 0.15) is 0 Å². The summed E-state index contributed by atoms with van der Waals surface area (Å²) in [4.78, 5) is 24.8. The van der Waals surface area contributed by atoms with Crippen LogP contribution in [0.25, 0.3) is 0 Å². The minimum Gasteiger partial charge on any atom is -0.449 e. The number of amides is 1. The number of esters is 1. The average Bonchev–Trinajstić information content (AvgIpc) is 3.39. The molecule has 1 amide bonds. The highest BCUT2D eigenvalue weighted by Crippen LogP contribution is 2.45. The van der Waals surface area contributed by atoms with Crippen molar-refractivity contribution in [2.45, 2.75) is 36.9 Å². The van der Waals surface area contributed by atoms with Gasteiger partial charge in [-0.3, -0.25) is 4.79 Å². The molecule has 1 heterocycles. The molecule has 1 atom stereocenters. The number of hydrogen-bond acceptors (Lipinski definition) is 5. The van der Waals surface area contributed by atoms with Crippen molar-refractivity contribution >= 4 is 41.1 Å². The summed E-state index contributed by atoms with van der Waals surface area (Å²) in [6.07, 6.45) is 2.46. The van der Waals surface area contributed by atoms with Crippen molar-refractivity contribution in [1.29, 1.82) is 0 Å². The number of thioether (sulfide) groups is 2. The molecule has 1 aliphatic carbocycles. The lowest BCUT2D eigenvalue weighted by atomic mass is 10.1. The van der Waals surface area contributed by atoms with Gasteiger partial charge in [-0.2, -0.15) is 0 Å². The molecule has 4 rings (SSSR count). The molecule has 1 saturated heterocycles. The molecule has 0 spiro atoms. The van der Waals surface area contributed by atoms with E-state index in [0.29, 0.717) is 10.1 Å².